The minimum absolute atomic E-state index is 0.143. The fourth-order valence-corrected chi connectivity index (χ4v) is 10.4. The molecule has 0 radical (unpaired) electrons. The van der Waals surface area contributed by atoms with E-state index in [1.807, 2.05) is 12.1 Å². The highest BCUT2D eigenvalue weighted by molar-refractivity contribution is 6.13. The molecule has 0 spiro atoms. The van der Waals surface area contributed by atoms with E-state index >= 15 is 0 Å². The summed E-state index contributed by atoms with van der Waals surface area (Å²) in [6.45, 7) is 9.56. The normalized spacial score (nSPS) is 15.4. The molecule has 65 heavy (non-hydrogen) atoms. The van der Waals surface area contributed by atoms with E-state index in [4.69, 9.17) is 19.4 Å². The van der Waals surface area contributed by atoms with Gasteiger partial charge in [0, 0.05) is 27.5 Å². The van der Waals surface area contributed by atoms with Gasteiger partial charge < -0.3 is 4.42 Å². The van der Waals surface area contributed by atoms with Gasteiger partial charge in [0.15, 0.2) is 17.5 Å². The lowest BCUT2D eigenvalue weighted by atomic mass is 9.63. The van der Waals surface area contributed by atoms with E-state index in [-0.39, 0.29) is 10.8 Å². The molecule has 0 amide bonds. The Morgan fingerprint density at radius 3 is 1.80 bits per heavy atom. The van der Waals surface area contributed by atoms with Crippen molar-refractivity contribution in [3.05, 3.63) is 193 Å². The maximum absolute atomic E-state index is 6.67. The summed E-state index contributed by atoms with van der Waals surface area (Å²) in [6.07, 6.45) is 11.3. The van der Waals surface area contributed by atoms with Gasteiger partial charge in [0.25, 0.3) is 0 Å². The van der Waals surface area contributed by atoms with Crippen LogP contribution >= 0.6 is 0 Å². The number of benzene rings is 8. The fourth-order valence-electron chi connectivity index (χ4n) is 10.4. The smallest absolute Gasteiger partial charge is 0.164 e. The summed E-state index contributed by atoms with van der Waals surface area (Å²) in [4.78, 5) is 16.0. The summed E-state index contributed by atoms with van der Waals surface area (Å²) >= 11 is 0. The molecule has 2 aliphatic rings. The number of aromatic nitrogens is 3. The Labute approximate surface area is 380 Å². The van der Waals surface area contributed by atoms with Crippen LogP contribution in [0.3, 0.4) is 0 Å². The van der Waals surface area contributed by atoms with E-state index in [1.54, 1.807) is 0 Å². The maximum atomic E-state index is 6.67. The van der Waals surface area contributed by atoms with E-state index in [0.717, 1.165) is 62.6 Å². The van der Waals surface area contributed by atoms with Crippen molar-refractivity contribution in [3.63, 3.8) is 0 Å². The van der Waals surface area contributed by atoms with E-state index < -0.39 is 0 Å². The van der Waals surface area contributed by atoms with E-state index in [0.29, 0.717) is 17.5 Å². The summed E-state index contributed by atoms with van der Waals surface area (Å²) in [5.41, 5.74) is 14.7. The second-order valence-electron chi connectivity index (χ2n) is 19.3. The van der Waals surface area contributed by atoms with E-state index in [9.17, 15) is 0 Å². The molecule has 8 aromatic carbocycles. The highest BCUT2D eigenvalue weighted by Crippen LogP contribution is 2.47. The SMILES string of the molecule is CC1(C)CCC(C)(C)c2cc(-c3ccc(-c4cc(-c5nc(-c6ccc(C7=CCCC=C7)cc6)nc(-c6ccc7ccc8ccccc8c7c6)n5)c5c(c4)oc4ccccc45)cc3)ccc21. The average molecular weight is 840 g/mol. The summed E-state index contributed by atoms with van der Waals surface area (Å²) in [5, 5.41) is 6.75. The zero-order valence-electron chi connectivity index (χ0n) is 37.3. The Bertz CT molecular complexity index is 3590. The third kappa shape index (κ3) is 6.87. The zero-order valence-corrected chi connectivity index (χ0v) is 37.3. The van der Waals surface area contributed by atoms with Crippen molar-refractivity contribution in [2.75, 3.05) is 0 Å². The van der Waals surface area contributed by atoms with Gasteiger partial charge in [-0.25, -0.2) is 15.0 Å². The van der Waals surface area contributed by atoms with Crippen molar-refractivity contribution >= 4 is 49.1 Å². The molecule has 0 N–H and O–H groups in total. The number of nitrogens with zero attached hydrogens (tertiary/aromatic N) is 3. The van der Waals surface area contributed by atoms with Crippen molar-refractivity contribution in [1.82, 2.24) is 15.0 Å². The molecule has 2 aromatic heterocycles. The second-order valence-corrected chi connectivity index (χ2v) is 19.3. The van der Waals surface area contributed by atoms with Crippen LogP contribution in [0.5, 0.6) is 0 Å². The Hall–Kier alpha value is -7.43. The molecule has 0 saturated heterocycles. The van der Waals surface area contributed by atoms with Crippen LogP contribution < -0.4 is 0 Å². The predicted molar refractivity (Wildman–Crippen MR) is 271 cm³/mol. The van der Waals surface area contributed by atoms with Crippen molar-refractivity contribution in [1.29, 1.82) is 0 Å². The highest BCUT2D eigenvalue weighted by atomic mass is 16.3. The number of allylic oxidation sites excluding steroid dienone is 4. The first kappa shape index (κ1) is 39.2. The number of hydrogen-bond donors (Lipinski definition) is 0. The Morgan fingerprint density at radius 1 is 0.431 bits per heavy atom. The van der Waals surface area contributed by atoms with Gasteiger partial charge in [-0.2, -0.15) is 0 Å². The molecule has 2 aliphatic carbocycles. The van der Waals surface area contributed by atoms with Crippen molar-refractivity contribution in [2.24, 2.45) is 0 Å². The van der Waals surface area contributed by atoms with Crippen LogP contribution in [0.25, 0.3) is 105 Å². The average Bonchev–Trinajstić information content (AvgIpc) is 3.74. The minimum atomic E-state index is 0.143. The van der Waals surface area contributed by atoms with Gasteiger partial charge in [0.2, 0.25) is 0 Å². The molecular weight excluding hydrogens is 791 g/mol. The van der Waals surface area contributed by atoms with Crippen LogP contribution in [0.2, 0.25) is 0 Å². The molecule has 4 nitrogen and oxygen atoms in total. The van der Waals surface area contributed by atoms with Crippen LogP contribution in [0.4, 0.5) is 0 Å². The monoisotopic (exact) mass is 839 g/mol. The highest BCUT2D eigenvalue weighted by Gasteiger charge is 2.37. The van der Waals surface area contributed by atoms with Gasteiger partial charge in [0.1, 0.15) is 11.2 Å². The lowest BCUT2D eigenvalue weighted by Crippen LogP contribution is -2.33. The Morgan fingerprint density at radius 2 is 1.03 bits per heavy atom. The predicted octanol–water partition coefficient (Wildman–Crippen LogP) is 16.5. The number of hydrogen-bond acceptors (Lipinski definition) is 4. The maximum Gasteiger partial charge on any atom is 0.164 e. The number of furan rings is 1. The standard InChI is InChI=1S/C61H49N3O/c1-60(2)32-33-61(3,4)53-36-45(30-31-52(53)60)40-18-20-41(21-19-40)47-35-51(56-49-16-10-11-17-54(49)65-55(56)37-47)59-63-57(44-27-22-39(23-28-44)38-12-6-5-7-13-38)62-58(64-59)46-29-26-43-25-24-42-14-8-9-15-48(42)50(43)34-46/h6,8-31,34-37H,5,7,32-33H2,1-4H3. The number of fused-ring (bicyclic) bond motifs is 7. The number of rotatable bonds is 6. The quantitative estimate of drug-likeness (QED) is 0.157. The second kappa shape index (κ2) is 15.1. The molecule has 4 heteroatoms. The van der Waals surface area contributed by atoms with Crippen LogP contribution in [0.15, 0.2) is 180 Å². The topological polar surface area (TPSA) is 51.8 Å². The van der Waals surface area contributed by atoms with Crippen molar-refractivity contribution in [2.45, 2.75) is 64.2 Å². The van der Waals surface area contributed by atoms with Crippen molar-refractivity contribution in [3.8, 4) is 56.4 Å². The summed E-state index contributed by atoms with van der Waals surface area (Å²) in [7, 11) is 0. The third-order valence-electron chi connectivity index (χ3n) is 14.2. The van der Waals surface area contributed by atoms with E-state index in [2.05, 4.69) is 192 Å². The summed E-state index contributed by atoms with van der Waals surface area (Å²) in [5.74, 6) is 1.84. The molecule has 12 rings (SSSR count). The van der Waals surface area contributed by atoms with Gasteiger partial charge in [-0.05, 0) is 127 Å². The first-order chi connectivity index (χ1) is 31.6. The van der Waals surface area contributed by atoms with Gasteiger partial charge in [-0.3, -0.25) is 0 Å². The molecule has 0 atom stereocenters. The zero-order chi connectivity index (χ0) is 43.9. The van der Waals surface area contributed by atoms with Crippen LogP contribution in [-0.4, -0.2) is 15.0 Å². The molecule has 0 unspecified atom stereocenters. The van der Waals surface area contributed by atoms with Gasteiger partial charge in [-0.1, -0.05) is 179 Å². The van der Waals surface area contributed by atoms with E-state index in [1.165, 1.54) is 67.8 Å². The van der Waals surface area contributed by atoms with Gasteiger partial charge in [0.05, 0.1) is 0 Å². The number of para-hydroxylation sites is 1. The molecule has 10 aromatic rings. The van der Waals surface area contributed by atoms with Crippen molar-refractivity contribution < 1.29 is 4.42 Å². The molecule has 0 aliphatic heterocycles. The molecule has 314 valence electrons. The summed E-state index contributed by atoms with van der Waals surface area (Å²) < 4.78 is 6.67. The van der Waals surface area contributed by atoms with Crippen LogP contribution in [-0.2, 0) is 10.8 Å². The third-order valence-corrected chi connectivity index (χ3v) is 14.2. The molecule has 2 heterocycles. The molecule has 0 saturated carbocycles. The fraction of sp³-hybridized carbons (Fsp3) is 0.164. The summed E-state index contributed by atoms with van der Waals surface area (Å²) in [6, 6.07) is 56.9. The molecular formula is C61H49N3O. The van der Waals surface area contributed by atoms with Gasteiger partial charge >= 0.3 is 0 Å². The molecule has 0 bridgehead atoms. The molecule has 0 fully saturated rings. The van der Waals surface area contributed by atoms with Gasteiger partial charge in [-0.15, -0.1) is 0 Å². The minimum Gasteiger partial charge on any atom is -0.456 e. The van der Waals surface area contributed by atoms with Crippen LogP contribution in [0.1, 0.15) is 70.1 Å². The lowest BCUT2D eigenvalue weighted by molar-refractivity contribution is 0.332. The van der Waals surface area contributed by atoms with Crippen LogP contribution in [0, 0.1) is 0 Å². The Balaban J connectivity index is 1.02. The largest absolute Gasteiger partial charge is 0.456 e. The first-order valence-corrected chi connectivity index (χ1v) is 23.0. The first-order valence-electron chi connectivity index (χ1n) is 23.0. The lowest BCUT2D eigenvalue weighted by Gasteiger charge is -2.42. The Kier molecular flexibility index (Phi) is 9.10.